The van der Waals surface area contributed by atoms with Gasteiger partial charge in [-0.25, -0.2) is 0 Å². The Hall–Kier alpha value is -3.97. The van der Waals surface area contributed by atoms with Gasteiger partial charge in [-0.05, 0) is 72.9 Å². The molecule has 0 bridgehead atoms. The van der Waals surface area contributed by atoms with Gasteiger partial charge in [0.1, 0.15) is 11.5 Å². The van der Waals surface area contributed by atoms with E-state index in [-0.39, 0.29) is 35.9 Å². The van der Waals surface area contributed by atoms with Crippen LogP contribution in [0.3, 0.4) is 0 Å². The highest BCUT2D eigenvalue weighted by Crippen LogP contribution is 2.26. The van der Waals surface area contributed by atoms with Crippen LogP contribution in [0.5, 0.6) is 11.5 Å². The minimum atomic E-state index is -0.898. The zero-order valence-electron chi connectivity index (χ0n) is 27.4. The van der Waals surface area contributed by atoms with E-state index in [4.69, 9.17) is 4.74 Å². The average molecular weight is 615 g/mol. The Labute approximate surface area is 268 Å². The van der Waals surface area contributed by atoms with Gasteiger partial charge >= 0.3 is 0 Å². The molecule has 0 aliphatic carbocycles. The third-order valence-corrected chi connectivity index (χ3v) is 8.29. The quantitative estimate of drug-likeness (QED) is 0.141. The summed E-state index contributed by atoms with van der Waals surface area (Å²) in [6, 6.07) is 25.0. The molecule has 0 aliphatic rings. The maximum atomic E-state index is 13.6. The number of hydrogen-bond donors (Lipinski definition) is 3. The number of aliphatic hydroxyl groups is 1. The predicted molar refractivity (Wildman–Crippen MR) is 179 cm³/mol. The van der Waals surface area contributed by atoms with E-state index < -0.39 is 18.2 Å². The van der Waals surface area contributed by atoms with E-state index in [0.29, 0.717) is 35.8 Å². The van der Waals surface area contributed by atoms with Crippen LogP contribution in [0, 0.1) is 17.8 Å². The lowest BCUT2D eigenvalue weighted by molar-refractivity contribution is -0.128. The molecular weight excluding hydrogens is 564 g/mol. The van der Waals surface area contributed by atoms with Crippen LogP contribution >= 0.6 is 0 Å². The SMILES string of the molecule is CCC(C)[C@H](NC(C)=O)C(=O)C[C@@H](CCC(C)C)C[C@H](O)[C@H](Cc1ccccc1)NC(=O)c1cccc(Oc2ccccc2)c1. The van der Waals surface area contributed by atoms with Crippen molar-refractivity contribution >= 4 is 17.6 Å². The molecule has 3 aromatic rings. The Morgan fingerprint density at radius 2 is 1.47 bits per heavy atom. The van der Waals surface area contributed by atoms with Crippen LogP contribution in [0.4, 0.5) is 0 Å². The predicted octanol–water partition coefficient (Wildman–Crippen LogP) is 7.13. The second kappa shape index (κ2) is 18.1. The van der Waals surface area contributed by atoms with Gasteiger partial charge in [0.05, 0.1) is 18.2 Å². The van der Waals surface area contributed by atoms with Gasteiger partial charge in [0, 0.05) is 18.9 Å². The molecule has 3 aromatic carbocycles. The molecule has 45 heavy (non-hydrogen) atoms. The average Bonchev–Trinajstić information content (AvgIpc) is 3.02. The molecule has 0 aromatic heterocycles. The Balaban J connectivity index is 1.80. The van der Waals surface area contributed by atoms with Crippen LogP contribution in [0.25, 0.3) is 0 Å². The first-order valence-corrected chi connectivity index (χ1v) is 16.2. The lowest BCUT2D eigenvalue weighted by atomic mass is 9.83. The van der Waals surface area contributed by atoms with Crippen molar-refractivity contribution in [1.29, 1.82) is 0 Å². The summed E-state index contributed by atoms with van der Waals surface area (Å²) in [6.07, 6.45) is 2.57. The minimum absolute atomic E-state index is 0.00354. The summed E-state index contributed by atoms with van der Waals surface area (Å²) >= 11 is 0. The van der Waals surface area contributed by atoms with Crippen LogP contribution in [0.1, 0.15) is 82.6 Å². The second-order valence-corrected chi connectivity index (χ2v) is 12.6. The molecule has 3 rings (SSSR count). The van der Waals surface area contributed by atoms with E-state index in [9.17, 15) is 19.5 Å². The summed E-state index contributed by atoms with van der Waals surface area (Å²) in [6.45, 7) is 9.70. The largest absolute Gasteiger partial charge is 0.457 e. The topological polar surface area (TPSA) is 105 Å². The molecule has 0 heterocycles. The molecule has 0 aliphatic heterocycles. The standard InChI is InChI=1S/C38H50N2O5/c1-6-27(4)37(39-28(5)41)36(43)24-30(21-20-26(2)3)23-35(42)34(22-29-14-9-7-10-15-29)40-38(44)31-16-13-19-33(25-31)45-32-17-11-8-12-18-32/h7-19,25-27,30,34-35,37,42H,6,20-24H2,1-5H3,(H,39,41)(H,40,44)/t27?,30-,34-,35-,37-/m0/s1. The van der Waals surface area contributed by atoms with Gasteiger partial charge in [-0.15, -0.1) is 0 Å². The van der Waals surface area contributed by atoms with Gasteiger partial charge in [-0.2, -0.15) is 0 Å². The van der Waals surface area contributed by atoms with Crippen molar-refractivity contribution in [3.63, 3.8) is 0 Å². The number of nitrogens with one attached hydrogen (secondary N) is 2. The van der Waals surface area contributed by atoms with E-state index >= 15 is 0 Å². The lowest BCUT2D eigenvalue weighted by Crippen LogP contribution is -2.47. The number of benzene rings is 3. The van der Waals surface area contributed by atoms with Crippen molar-refractivity contribution in [2.75, 3.05) is 0 Å². The monoisotopic (exact) mass is 614 g/mol. The lowest BCUT2D eigenvalue weighted by Gasteiger charge is -2.30. The molecule has 3 N–H and O–H groups in total. The van der Waals surface area contributed by atoms with Crippen LogP contribution < -0.4 is 15.4 Å². The Bertz CT molecular complexity index is 1340. The molecule has 2 amide bonds. The van der Waals surface area contributed by atoms with Gasteiger partial charge in [0.25, 0.3) is 5.91 Å². The number of aliphatic hydroxyl groups excluding tert-OH is 1. The molecule has 1 unspecified atom stereocenters. The fourth-order valence-electron chi connectivity index (χ4n) is 5.51. The molecule has 242 valence electrons. The smallest absolute Gasteiger partial charge is 0.251 e. The number of ether oxygens (including phenoxy) is 1. The highest BCUT2D eigenvalue weighted by molar-refractivity contribution is 5.94. The Morgan fingerprint density at radius 3 is 2.09 bits per heavy atom. The van der Waals surface area contributed by atoms with E-state index in [2.05, 4.69) is 24.5 Å². The van der Waals surface area contributed by atoms with E-state index in [1.807, 2.05) is 74.5 Å². The highest BCUT2D eigenvalue weighted by atomic mass is 16.5. The van der Waals surface area contributed by atoms with E-state index in [1.54, 1.807) is 24.3 Å². The number of carbonyl (C=O) groups excluding carboxylic acids is 3. The summed E-state index contributed by atoms with van der Waals surface area (Å²) in [5.41, 5.74) is 1.41. The van der Waals surface area contributed by atoms with Gasteiger partial charge in [0.15, 0.2) is 5.78 Å². The van der Waals surface area contributed by atoms with Crippen molar-refractivity contribution in [1.82, 2.24) is 10.6 Å². The van der Waals surface area contributed by atoms with Gasteiger partial charge < -0.3 is 20.5 Å². The van der Waals surface area contributed by atoms with Gasteiger partial charge in [-0.3, -0.25) is 14.4 Å². The molecular formula is C38H50N2O5. The summed E-state index contributed by atoms with van der Waals surface area (Å²) in [5, 5.41) is 17.6. The summed E-state index contributed by atoms with van der Waals surface area (Å²) in [4.78, 5) is 39.0. The third kappa shape index (κ3) is 12.1. The number of hydrogen-bond acceptors (Lipinski definition) is 5. The molecule has 0 radical (unpaired) electrons. The zero-order valence-corrected chi connectivity index (χ0v) is 27.4. The minimum Gasteiger partial charge on any atom is -0.457 e. The first kappa shape index (κ1) is 35.5. The first-order chi connectivity index (χ1) is 21.5. The van der Waals surface area contributed by atoms with Gasteiger partial charge in [-0.1, -0.05) is 95.1 Å². The first-order valence-electron chi connectivity index (χ1n) is 16.2. The molecule has 0 saturated carbocycles. The molecule has 0 fully saturated rings. The normalized spacial score (nSPS) is 14.6. The van der Waals surface area contributed by atoms with Crippen molar-refractivity contribution in [2.24, 2.45) is 17.8 Å². The van der Waals surface area contributed by atoms with Crippen LogP contribution in [0.2, 0.25) is 0 Å². The molecule has 0 saturated heterocycles. The third-order valence-electron chi connectivity index (χ3n) is 8.29. The maximum absolute atomic E-state index is 13.6. The number of Topliss-reactive ketones (excluding diaryl/α,β-unsaturated/α-hetero) is 1. The van der Waals surface area contributed by atoms with Crippen LogP contribution in [0.15, 0.2) is 84.9 Å². The number of para-hydroxylation sites is 1. The Morgan fingerprint density at radius 1 is 0.822 bits per heavy atom. The fourth-order valence-corrected chi connectivity index (χ4v) is 5.51. The summed E-state index contributed by atoms with van der Waals surface area (Å²) in [7, 11) is 0. The van der Waals surface area contributed by atoms with Crippen LogP contribution in [-0.2, 0) is 16.0 Å². The van der Waals surface area contributed by atoms with Crippen molar-refractivity contribution < 1.29 is 24.2 Å². The summed E-state index contributed by atoms with van der Waals surface area (Å²) < 4.78 is 5.93. The molecule has 5 atom stereocenters. The van der Waals surface area contributed by atoms with E-state index in [1.165, 1.54) is 6.92 Å². The number of ketones is 1. The second-order valence-electron chi connectivity index (χ2n) is 12.6. The molecule has 0 spiro atoms. The fraction of sp³-hybridized carbons (Fsp3) is 0.447. The zero-order chi connectivity index (χ0) is 32.8. The van der Waals surface area contributed by atoms with E-state index in [0.717, 1.165) is 24.8 Å². The van der Waals surface area contributed by atoms with Crippen molar-refractivity contribution in [2.45, 2.75) is 91.3 Å². The van der Waals surface area contributed by atoms with Gasteiger partial charge in [0.2, 0.25) is 5.91 Å². The summed E-state index contributed by atoms with van der Waals surface area (Å²) in [5.74, 6) is 0.990. The number of amides is 2. The molecule has 7 nitrogen and oxygen atoms in total. The highest BCUT2D eigenvalue weighted by Gasteiger charge is 2.30. The maximum Gasteiger partial charge on any atom is 0.251 e. The number of carbonyl (C=O) groups is 3. The number of rotatable bonds is 18. The van der Waals surface area contributed by atoms with Crippen molar-refractivity contribution in [3.05, 3.63) is 96.1 Å². The Kier molecular flexibility index (Phi) is 14.3. The molecule has 7 heteroatoms. The van der Waals surface area contributed by atoms with Crippen LogP contribution in [-0.4, -0.2) is 40.9 Å². The van der Waals surface area contributed by atoms with Crippen molar-refractivity contribution in [3.8, 4) is 11.5 Å².